The fourth-order valence-electron chi connectivity index (χ4n) is 3.21. The van der Waals surface area contributed by atoms with Crippen molar-refractivity contribution in [2.45, 2.75) is 46.5 Å². The maximum absolute atomic E-state index is 12.5. The number of carbonyl (C=O) groups is 3. The smallest absolute Gasteiger partial charge is 0.381 e. The monoisotopic (exact) mass is 401 g/mol. The number of ether oxygens (including phenoxy) is 2. The Kier molecular flexibility index (Phi) is 7.84. The lowest BCUT2D eigenvalue weighted by atomic mass is 9.70. The second-order valence-corrected chi connectivity index (χ2v) is 7.02. The van der Waals surface area contributed by atoms with Crippen LogP contribution in [0.25, 0.3) is 0 Å². The molecule has 7 nitrogen and oxygen atoms in total. The molecule has 1 N–H and O–H groups in total. The lowest BCUT2D eigenvalue weighted by Gasteiger charge is -2.34. The molecular weight excluding hydrogens is 374 g/mol. The highest BCUT2D eigenvalue weighted by Crippen LogP contribution is 2.41. The first-order valence-corrected chi connectivity index (χ1v) is 9.74. The molecular formula is C22H27NO6. The first-order chi connectivity index (χ1) is 13.9. The van der Waals surface area contributed by atoms with E-state index in [-0.39, 0.29) is 34.9 Å². The molecule has 0 fully saturated rings. The summed E-state index contributed by atoms with van der Waals surface area (Å²) in [6.45, 7) is 5.90. The van der Waals surface area contributed by atoms with Crippen molar-refractivity contribution in [3.63, 3.8) is 0 Å². The number of rotatable bonds is 9. The number of aliphatic hydroxyl groups excluding tert-OH is 1. The second kappa shape index (κ2) is 10.1. The predicted octanol–water partition coefficient (Wildman–Crippen LogP) is 4.09. The molecule has 0 atom stereocenters. The Morgan fingerprint density at radius 1 is 1.14 bits per heavy atom. The number of aliphatic hydroxyl groups is 1. The molecule has 0 aliphatic heterocycles. The summed E-state index contributed by atoms with van der Waals surface area (Å²) in [5.74, 6) is -1.82. The molecule has 1 aromatic rings. The highest BCUT2D eigenvalue weighted by Gasteiger charge is 2.36. The van der Waals surface area contributed by atoms with Gasteiger partial charge >= 0.3 is 5.97 Å². The molecule has 1 aliphatic rings. The molecule has 0 spiro atoms. The van der Waals surface area contributed by atoms with E-state index in [1.807, 2.05) is 13.8 Å². The number of hydrogen-bond donors (Lipinski definition) is 1. The Morgan fingerprint density at radius 2 is 1.79 bits per heavy atom. The van der Waals surface area contributed by atoms with Gasteiger partial charge in [0.2, 0.25) is 0 Å². The normalized spacial score (nSPS) is 16.3. The van der Waals surface area contributed by atoms with Gasteiger partial charge in [0.05, 0.1) is 11.3 Å². The maximum Gasteiger partial charge on any atom is 0.381 e. The summed E-state index contributed by atoms with van der Waals surface area (Å²) in [4.78, 5) is 40.4. The van der Waals surface area contributed by atoms with E-state index >= 15 is 0 Å². The molecule has 1 aromatic carbocycles. The van der Waals surface area contributed by atoms with Crippen LogP contribution in [0.3, 0.4) is 0 Å². The Labute approximate surface area is 170 Å². The molecule has 0 amide bonds. The van der Waals surface area contributed by atoms with Crippen LogP contribution in [0.2, 0.25) is 0 Å². The van der Waals surface area contributed by atoms with E-state index in [2.05, 4.69) is 4.99 Å². The molecule has 0 radical (unpaired) electrons. The average Bonchev–Trinajstić information content (AvgIpc) is 2.73. The lowest BCUT2D eigenvalue weighted by molar-refractivity contribution is -0.149. The highest BCUT2D eigenvalue weighted by atomic mass is 16.7. The van der Waals surface area contributed by atoms with Crippen LogP contribution >= 0.6 is 0 Å². The van der Waals surface area contributed by atoms with Gasteiger partial charge in [0.25, 0.3) is 5.78 Å². The number of benzene rings is 1. The number of ketones is 2. The minimum atomic E-state index is -0.993. The number of aliphatic imine (C=N–C) groups is 1. The Bertz CT molecular complexity index is 818. The minimum absolute atomic E-state index is 0.0672. The zero-order chi connectivity index (χ0) is 21.4. The van der Waals surface area contributed by atoms with Crippen molar-refractivity contribution in [2.24, 2.45) is 10.4 Å². The van der Waals surface area contributed by atoms with Crippen molar-refractivity contribution >= 4 is 29.4 Å². The third-order valence-electron chi connectivity index (χ3n) is 5.32. The predicted molar refractivity (Wildman–Crippen MR) is 108 cm³/mol. The standard InChI is InChI=1S/C22H27NO6/c1-4-22(5-2)11-18(24)17(19(25)12-22)13-23-16-9-7-15(8-10-16)20(26)21(27)29-14-28-6-3/h7-10,13,24H,4-6,11-12,14H2,1-3H3. The molecule has 2 rings (SSSR count). The van der Waals surface area contributed by atoms with E-state index in [1.54, 1.807) is 19.1 Å². The molecule has 29 heavy (non-hydrogen) atoms. The van der Waals surface area contributed by atoms with Crippen molar-refractivity contribution in [3.8, 4) is 0 Å². The zero-order valence-electron chi connectivity index (χ0n) is 17.1. The van der Waals surface area contributed by atoms with Crippen LogP contribution < -0.4 is 0 Å². The van der Waals surface area contributed by atoms with Crippen molar-refractivity contribution in [2.75, 3.05) is 13.4 Å². The van der Waals surface area contributed by atoms with Crippen molar-refractivity contribution in [3.05, 3.63) is 41.2 Å². The third-order valence-corrected chi connectivity index (χ3v) is 5.32. The van der Waals surface area contributed by atoms with Gasteiger partial charge < -0.3 is 14.6 Å². The average molecular weight is 401 g/mol. The van der Waals surface area contributed by atoms with Gasteiger partial charge in [-0.15, -0.1) is 0 Å². The summed E-state index contributed by atoms with van der Waals surface area (Å²) in [6.07, 6.45) is 3.87. The van der Waals surface area contributed by atoms with Gasteiger partial charge in [-0.1, -0.05) is 13.8 Å². The molecule has 1 aliphatic carbocycles. The first kappa shape index (κ1) is 22.5. The fraction of sp³-hybridized carbons (Fsp3) is 0.455. The van der Waals surface area contributed by atoms with Gasteiger partial charge in [0, 0.05) is 31.2 Å². The number of allylic oxidation sites excluding steroid dienone is 2. The number of esters is 1. The fourth-order valence-corrected chi connectivity index (χ4v) is 3.21. The van der Waals surface area contributed by atoms with Crippen LogP contribution in [0.15, 0.2) is 40.6 Å². The molecule has 7 heteroatoms. The molecule has 0 heterocycles. The van der Waals surface area contributed by atoms with Gasteiger partial charge in [-0.2, -0.15) is 0 Å². The summed E-state index contributed by atoms with van der Waals surface area (Å²) in [5.41, 5.74) is 0.691. The summed E-state index contributed by atoms with van der Waals surface area (Å²) in [6, 6.07) is 6.00. The Morgan fingerprint density at radius 3 is 2.34 bits per heavy atom. The van der Waals surface area contributed by atoms with Gasteiger partial charge in [-0.05, 0) is 49.4 Å². The molecule has 0 unspecified atom stereocenters. The summed E-state index contributed by atoms with van der Waals surface area (Å²) in [5, 5.41) is 10.3. The SMILES string of the molecule is CCOCOC(=O)C(=O)c1ccc(N=CC2=C(O)CC(CC)(CC)CC2=O)cc1. The van der Waals surface area contributed by atoms with Crippen LogP contribution in [-0.4, -0.2) is 42.3 Å². The van der Waals surface area contributed by atoms with Crippen molar-refractivity contribution in [1.29, 1.82) is 0 Å². The van der Waals surface area contributed by atoms with Gasteiger partial charge in [0.15, 0.2) is 12.6 Å². The summed E-state index contributed by atoms with van der Waals surface area (Å²) < 4.78 is 9.58. The highest BCUT2D eigenvalue weighted by molar-refractivity contribution is 6.40. The Hall–Kier alpha value is -2.80. The Balaban J connectivity index is 2.07. The molecule has 156 valence electrons. The largest absolute Gasteiger partial charge is 0.511 e. The van der Waals surface area contributed by atoms with Crippen LogP contribution in [0.4, 0.5) is 5.69 Å². The number of carbonyl (C=O) groups excluding carboxylic acids is 3. The summed E-state index contributed by atoms with van der Waals surface area (Å²) in [7, 11) is 0. The van der Waals surface area contributed by atoms with Crippen LogP contribution in [0.5, 0.6) is 0 Å². The second-order valence-electron chi connectivity index (χ2n) is 7.02. The number of hydrogen-bond acceptors (Lipinski definition) is 7. The van der Waals surface area contributed by atoms with E-state index in [1.165, 1.54) is 18.3 Å². The van der Waals surface area contributed by atoms with Crippen molar-refractivity contribution < 1.29 is 29.0 Å². The maximum atomic E-state index is 12.5. The van der Waals surface area contributed by atoms with E-state index in [0.717, 1.165) is 12.8 Å². The summed E-state index contributed by atoms with van der Waals surface area (Å²) >= 11 is 0. The van der Waals surface area contributed by atoms with Crippen molar-refractivity contribution in [1.82, 2.24) is 0 Å². The van der Waals surface area contributed by atoms with Gasteiger partial charge in [-0.25, -0.2) is 4.79 Å². The molecule has 0 saturated carbocycles. The number of Topliss-reactive ketones (excluding diaryl/α,β-unsaturated/α-hetero) is 2. The molecule has 0 bridgehead atoms. The molecule has 0 aromatic heterocycles. The van der Waals surface area contributed by atoms with Crippen LogP contribution in [0.1, 0.15) is 56.8 Å². The topological polar surface area (TPSA) is 102 Å². The van der Waals surface area contributed by atoms with Gasteiger partial charge in [0.1, 0.15) is 5.76 Å². The van der Waals surface area contributed by atoms with Crippen LogP contribution in [-0.2, 0) is 19.1 Å². The van der Waals surface area contributed by atoms with E-state index < -0.39 is 11.8 Å². The first-order valence-electron chi connectivity index (χ1n) is 9.74. The van der Waals surface area contributed by atoms with E-state index in [0.29, 0.717) is 25.1 Å². The number of nitrogens with zero attached hydrogens (tertiary/aromatic N) is 1. The van der Waals surface area contributed by atoms with Gasteiger partial charge in [-0.3, -0.25) is 14.6 Å². The minimum Gasteiger partial charge on any atom is -0.511 e. The lowest BCUT2D eigenvalue weighted by Crippen LogP contribution is -2.30. The van der Waals surface area contributed by atoms with E-state index in [9.17, 15) is 19.5 Å². The van der Waals surface area contributed by atoms with E-state index in [4.69, 9.17) is 9.47 Å². The van der Waals surface area contributed by atoms with Crippen LogP contribution in [0, 0.1) is 5.41 Å². The third kappa shape index (κ3) is 5.60. The quantitative estimate of drug-likeness (QED) is 0.167. The zero-order valence-corrected chi connectivity index (χ0v) is 17.1. The molecule has 0 saturated heterocycles.